The van der Waals surface area contributed by atoms with Gasteiger partial charge >= 0.3 is 0 Å². The largest absolute Gasteiger partial charge is 0.379 e. The molecule has 0 aromatic heterocycles. The van der Waals surface area contributed by atoms with Crippen LogP contribution in [0, 0.1) is 11.8 Å². The van der Waals surface area contributed by atoms with Gasteiger partial charge in [-0.25, -0.2) is 0 Å². The van der Waals surface area contributed by atoms with Gasteiger partial charge in [0.2, 0.25) is 0 Å². The van der Waals surface area contributed by atoms with Crippen LogP contribution in [0.1, 0.15) is 46.5 Å². The first-order valence-electron chi connectivity index (χ1n) is 9.80. The molecule has 0 unspecified atom stereocenters. The third-order valence-electron chi connectivity index (χ3n) is 6.03. The van der Waals surface area contributed by atoms with Crippen LogP contribution in [0.5, 0.6) is 0 Å². The molecule has 24 heavy (non-hydrogen) atoms. The minimum absolute atomic E-state index is 0.177. The van der Waals surface area contributed by atoms with E-state index >= 15 is 0 Å². The van der Waals surface area contributed by atoms with E-state index in [0.29, 0.717) is 12.0 Å². The van der Waals surface area contributed by atoms with Crippen LogP contribution in [0.3, 0.4) is 0 Å². The molecule has 5 atom stereocenters. The van der Waals surface area contributed by atoms with Crippen LogP contribution in [0.25, 0.3) is 0 Å². The number of hydrogen-bond acceptors (Lipinski definition) is 4. The first-order chi connectivity index (χ1) is 11.5. The van der Waals surface area contributed by atoms with Gasteiger partial charge in [0.25, 0.3) is 5.91 Å². The number of rotatable bonds is 4. The van der Waals surface area contributed by atoms with E-state index in [2.05, 4.69) is 18.7 Å². The van der Waals surface area contributed by atoms with Crippen molar-refractivity contribution in [3.63, 3.8) is 0 Å². The molecule has 138 valence electrons. The molecule has 0 aromatic carbocycles. The number of likely N-dealkylation sites (tertiary alicyclic amines) is 1. The molecule has 1 aliphatic carbocycles. The molecule has 1 amide bonds. The first-order valence-corrected chi connectivity index (χ1v) is 9.80. The van der Waals surface area contributed by atoms with Crippen molar-refractivity contribution in [2.75, 3.05) is 39.4 Å². The van der Waals surface area contributed by atoms with E-state index in [4.69, 9.17) is 9.47 Å². The Morgan fingerprint density at radius 1 is 1.17 bits per heavy atom. The highest BCUT2D eigenvalue weighted by atomic mass is 16.5. The van der Waals surface area contributed by atoms with Crippen molar-refractivity contribution < 1.29 is 14.3 Å². The van der Waals surface area contributed by atoms with Gasteiger partial charge in [-0.15, -0.1) is 0 Å². The van der Waals surface area contributed by atoms with E-state index in [1.807, 2.05) is 11.8 Å². The summed E-state index contributed by atoms with van der Waals surface area (Å²) in [4.78, 5) is 17.4. The van der Waals surface area contributed by atoms with Gasteiger partial charge in [0.15, 0.2) is 0 Å². The summed E-state index contributed by atoms with van der Waals surface area (Å²) in [6, 6.07) is 0.472. The van der Waals surface area contributed by atoms with Gasteiger partial charge in [-0.1, -0.05) is 26.7 Å². The zero-order valence-electron chi connectivity index (χ0n) is 15.6. The summed E-state index contributed by atoms with van der Waals surface area (Å²) in [6.45, 7) is 11.8. The summed E-state index contributed by atoms with van der Waals surface area (Å²) >= 11 is 0. The Morgan fingerprint density at radius 3 is 2.62 bits per heavy atom. The average molecular weight is 338 g/mol. The van der Waals surface area contributed by atoms with Gasteiger partial charge in [-0.2, -0.15) is 0 Å². The molecule has 0 spiro atoms. The van der Waals surface area contributed by atoms with Gasteiger partial charge in [-0.3, -0.25) is 9.69 Å². The first kappa shape index (κ1) is 18.2. The molecule has 1 saturated carbocycles. The Bertz CT molecular complexity index is 425. The Kier molecular flexibility index (Phi) is 6.17. The Hall–Kier alpha value is -0.650. The maximum absolute atomic E-state index is 12.8. The van der Waals surface area contributed by atoms with Crippen LogP contribution >= 0.6 is 0 Å². The lowest BCUT2D eigenvalue weighted by Crippen LogP contribution is -2.47. The van der Waals surface area contributed by atoms with Crippen LogP contribution in [0.2, 0.25) is 0 Å². The molecule has 0 bridgehead atoms. The van der Waals surface area contributed by atoms with Gasteiger partial charge < -0.3 is 14.4 Å². The second-order valence-electron chi connectivity index (χ2n) is 8.11. The predicted octanol–water partition coefficient (Wildman–Crippen LogP) is 2.15. The van der Waals surface area contributed by atoms with Gasteiger partial charge in [0.05, 0.1) is 19.3 Å². The van der Waals surface area contributed by atoms with E-state index in [1.54, 1.807) is 0 Å². The lowest BCUT2D eigenvalue weighted by Gasteiger charge is -2.34. The fourth-order valence-electron chi connectivity index (χ4n) is 4.62. The van der Waals surface area contributed by atoms with Crippen LogP contribution in [-0.4, -0.2) is 73.3 Å². The van der Waals surface area contributed by atoms with Crippen molar-refractivity contribution >= 4 is 5.91 Å². The third-order valence-corrected chi connectivity index (χ3v) is 6.03. The molecule has 0 aromatic rings. The van der Waals surface area contributed by atoms with Crippen molar-refractivity contribution in [2.24, 2.45) is 11.8 Å². The predicted molar refractivity (Wildman–Crippen MR) is 93.9 cm³/mol. The van der Waals surface area contributed by atoms with Crippen molar-refractivity contribution in [1.29, 1.82) is 0 Å². The molecule has 3 aliphatic rings. The lowest BCUT2D eigenvalue weighted by atomic mass is 9.88. The van der Waals surface area contributed by atoms with Gasteiger partial charge in [0.1, 0.15) is 6.10 Å². The molecule has 3 rings (SSSR count). The van der Waals surface area contributed by atoms with Crippen LogP contribution in [0.15, 0.2) is 0 Å². The molecule has 0 N–H and O–H groups in total. The summed E-state index contributed by atoms with van der Waals surface area (Å²) in [5, 5.41) is 0. The van der Waals surface area contributed by atoms with Crippen molar-refractivity contribution in [3.05, 3.63) is 0 Å². The van der Waals surface area contributed by atoms with Crippen molar-refractivity contribution in [1.82, 2.24) is 9.80 Å². The molecule has 2 aliphatic heterocycles. The second-order valence-corrected chi connectivity index (χ2v) is 8.11. The van der Waals surface area contributed by atoms with Crippen molar-refractivity contribution in [3.8, 4) is 0 Å². The highest BCUT2D eigenvalue weighted by Crippen LogP contribution is 2.28. The zero-order valence-corrected chi connectivity index (χ0v) is 15.6. The summed E-state index contributed by atoms with van der Waals surface area (Å²) in [5.41, 5.74) is 0. The van der Waals surface area contributed by atoms with Crippen LogP contribution < -0.4 is 0 Å². The zero-order chi connectivity index (χ0) is 17.1. The SMILES string of the molecule is C[C@@H]1CCC[C@H](O[C@H](C)C(=O)N2C[C@H](C)[C@@H](N3CCOCC3)C2)C1. The Labute approximate surface area is 146 Å². The third kappa shape index (κ3) is 4.30. The molecular weight excluding hydrogens is 304 g/mol. The summed E-state index contributed by atoms with van der Waals surface area (Å²) in [6.07, 6.45) is 4.69. The van der Waals surface area contributed by atoms with E-state index in [9.17, 15) is 4.79 Å². The standard InChI is InChI=1S/C19H34N2O3/c1-14-5-4-6-17(11-14)24-16(3)19(22)21-12-15(2)18(13-21)20-7-9-23-10-8-20/h14-18H,4-13H2,1-3H3/t14-,15+,16-,17+,18+/m1/s1. The topological polar surface area (TPSA) is 42.0 Å². The molecular formula is C19H34N2O3. The van der Waals surface area contributed by atoms with Crippen LogP contribution in [-0.2, 0) is 14.3 Å². The number of ether oxygens (including phenoxy) is 2. The average Bonchev–Trinajstić information content (AvgIpc) is 2.96. The van der Waals surface area contributed by atoms with Gasteiger partial charge in [0, 0.05) is 32.2 Å². The molecule has 3 fully saturated rings. The minimum Gasteiger partial charge on any atom is -0.379 e. The van der Waals surface area contributed by atoms with E-state index in [1.165, 1.54) is 12.8 Å². The van der Waals surface area contributed by atoms with Crippen molar-refractivity contribution in [2.45, 2.75) is 64.7 Å². The number of amides is 1. The summed E-state index contributed by atoms with van der Waals surface area (Å²) in [5.74, 6) is 1.42. The van der Waals surface area contributed by atoms with E-state index in [0.717, 1.165) is 58.2 Å². The smallest absolute Gasteiger partial charge is 0.251 e. The summed E-state index contributed by atoms with van der Waals surface area (Å²) in [7, 11) is 0. The summed E-state index contributed by atoms with van der Waals surface area (Å²) < 4.78 is 11.6. The minimum atomic E-state index is -0.309. The number of hydrogen-bond donors (Lipinski definition) is 0. The lowest BCUT2D eigenvalue weighted by molar-refractivity contribution is -0.147. The molecule has 0 radical (unpaired) electrons. The molecule has 2 heterocycles. The second kappa shape index (κ2) is 8.15. The Morgan fingerprint density at radius 2 is 1.92 bits per heavy atom. The van der Waals surface area contributed by atoms with Crippen LogP contribution in [0.4, 0.5) is 0 Å². The monoisotopic (exact) mass is 338 g/mol. The normalized spacial score (nSPS) is 36.7. The fraction of sp³-hybridized carbons (Fsp3) is 0.947. The fourth-order valence-corrected chi connectivity index (χ4v) is 4.62. The molecule has 5 heteroatoms. The number of carbonyl (C=O) groups is 1. The Balaban J connectivity index is 1.51. The number of carbonyl (C=O) groups excluding carboxylic acids is 1. The highest BCUT2D eigenvalue weighted by Gasteiger charge is 2.38. The van der Waals surface area contributed by atoms with Gasteiger partial charge in [-0.05, 0) is 31.6 Å². The van der Waals surface area contributed by atoms with E-state index in [-0.39, 0.29) is 18.1 Å². The molecule has 5 nitrogen and oxygen atoms in total. The highest BCUT2D eigenvalue weighted by molar-refractivity contribution is 5.81. The number of morpholine rings is 1. The quantitative estimate of drug-likeness (QED) is 0.788. The molecule has 2 saturated heterocycles. The maximum atomic E-state index is 12.8. The number of nitrogens with zero attached hydrogens (tertiary/aromatic N) is 2. The maximum Gasteiger partial charge on any atom is 0.251 e. The van der Waals surface area contributed by atoms with E-state index < -0.39 is 0 Å².